The normalized spacial score (nSPS) is 17.3. The van der Waals surface area contributed by atoms with Crippen LogP contribution in [0.1, 0.15) is 37.0 Å². The SMILES string of the molecule is CCN(CC)C(=O)CN1CCN(C(=O)c2cccc(NC(=O)C3CC3)c2)CC1. The maximum absolute atomic E-state index is 12.8. The van der Waals surface area contributed by atoms with Gasteiger partial charge in [0, 0.05) is 56.4 Å². The number of rotatable bonds is 7. The fourth-order valence-electron chi connectivity index (χ4n) is 3.48. The van der Waals surface area contributed by atoms with Gasteiger partial charge in [-0.05, 0) is 44.9 Å². The van der Waals surface area contributed by atoms with Crippen LogP contribution in [0.15, 0.2) is 24.3 Å². The van der Waals surface area contributed by atoms with Crippen molar-refractivity contribution in [3.63, 3.8) is 0 Å². The van der Waals surface area contributed by atoms with E-state index in [1.165, 1.54) is 0 Å². The molecular weight excluding hydrogens is 356 g/mol. The van der Waals surface area contributed by atoms with E-state index in [0.717, 1.165) is 25.9 Å². The highest BCUT2D eigenvalue weighted by Crippen LogP contribution is 2.30. The van der Waals surface area contributed by atoms with Crippen LogP contribution < -0.4 is 5.32 Å². The van der Waals surface area contributed by atoms with Crippen LogP contribution in [0.2, 0.25) is 0 Å². The molecular formula is C21H30N4O3. The first kappa shape index (κ1) is 20.3. The molecule has 2 fully saturated rings. The van der Waals surface area contributed by atoms with Gasteiger partial charge in [0.1, 0.15) is 0 Å². The molecule has 0 bridgehead atoms. The molecule has 2 aliphatic rings. The van der Waals surface area contributed by atoms with Gasteiger partial charge < -0.3 is 15.1 Å². The largest absolute Gasteiger partial charge is 0.342 e. The van der Waals surface area contributed by atoms with Crippen LogP contribution in [0.4, 0.5) is 5.69 Å². The summed E-state index contributed by atoms with van der Waals surface area (Å²) in [5.41, 5.74) is 1.26. The lowest BCUT2D eigenvalue weighted by atomic mass is 10.1. The molecule has 1 saturated heterocycles. The Morgan fingerprint density at radius 3 is 2.36 bits per heavy atom. The van der Waals surface area contributed by atoms with E-state index in [1.54, 1.807) is 18.2 Å². The minimum atomic E-state index is -0.0303. The fraction of sp³-hybridized carbons (Fsp3) is 0.571. The van der Waals surface area contributed by atoms with Gasteiger partial charge in [0.25, 0.3) is 5.91 Å². The Labute approximate surface area is 166 Å². The maximum atomic E-state index is 12.8. The molecule has 7 heteroatoms. The molecule has 0 aromatic heterocycles. The molecule has 1 aliphatic carbocycles. The average molecular weight is 386 g/mol. The smallest absolute Gasteiger partial charge is 0.254 e. The molecule has 1 saturated carbocycles. The third-order valence-electron chi connectivity index (χ3n) is 5.46. The second kappa shape index (κ2) is 9.19. The third-order valence-corrected chi connectivity index (χ3v) is 5.46. The zero-order valence-electron chi connectivity index (χ0n) is 16.8. The Bertz CT molecular complexity index is 720. The first-order valence-corrected chi connectivity index (χ1v) is 10.2. The highest BCUT2D eigenvalue weighted by atomic mass is 16.2. The van der Waals surface area contributed by atoms with E-state index in [0.29, 0.717) is 44.0 Å². The number of benzene rings is 1. The highest BCUT2D eigenvalue weighted by molar-refractivity contribution is 5.98. The zero-order valence-corrected chi connectivity index (χ0v) is 16.8. The van der Waals surface area contributed by atoms with Crippen LogP contribution in [0.25, 0.3) is 0 Å². The lowest BCUT2D eigenvalue weighted by molar-refractivity contribution is -0.132. The number of likely N-dealkylation sites (N-methyl/N-ethyl adjacent to an activating group) is 1. The van der Waals surface area contributed by atoms with Crippen molar-refractivity contribution in [1.29, 1.82) is 0 Å². The number of hydrogen-bond acceptors (Lipinski definition) is 4. The van der Waals surface area contributed by atoms with Crippen molar-refractivity contribution in [3.8, 4) is 0 Å². The van der Waals surface area contributed by atoms with Crippen molar-refractivity contribution in [1.82, 2.24) is 14.7 Å². The van der Waals surface area contributed by atoms with E-state index < -0.39 is 0 Å². The van der Waals surface area contributed by atoms with Gasteiger partial charge in [0.15, 0.2) is 0 Å². The lowest BCUT2D eigenvalue weighted by Gasteiger charge is -2.35. The van der Waals surface area contributed by atoms with E-state index in [9.17, 15) is 14.4 Å². The molecule has 7 nitrogen and oxygen atoms in total. The number of nitrogens with one attached hydrogen (secondary N) is 1. The second-order valence-corrected chi connectivity index (χ2v) is 7.48. The van der Waals surface area contributed by atoms with Crippen LogP contribution >= 0.6 is 0 Å². The molecule has 1 aromatic carbocycles. The number of hydrogen-bond donors (Lipinski definition) is 1. The lowest BCUT2D eigenvalue weighted by Crippen LogP contribution is -2.51. The third kappa shape index (κ3) is 5.10. The number of piperazine rings is 1. The monoisotopic (exact) mass is 386 g/mol. The summed E-state index contributed by atoms with van der Waals surface area (Å²) in [6, 6.07) is 7.15. The molecule has 0 spiro atoms. The quantitative estimate of drug-likeness (QED) is 0.774. The number of nitrogens with zero attached hydrogens (tertiary/aromatic N) is 3. The second-order valence-electron chi connectivity index (χ2n) is 7.48. The molecule has 3 rings (SSSR count). The van der Waals surface area contributed by atoms with Gasteiger partial charge in [0.05, 0.1) is 6.54 Å². The average Bonchev–Trinajstić information content (AvgIpc) is 3.54. The van der Waals surface area contributed by atoms with Gasteiger partial charge in [-0.3, -0.25) is 19.3 Å². The van der Waals surface area contributed by atoms with Crippen LogP contribution in [0.3, 0.4) is 0 Å². The molecule has 0 radical (unpaired) electrons. The Hall–Kier alpha value is -2.41. The van der Waals surface area contributed by atoms with E-state index in [4.69, 9.17) is 0 Å². The molecule has 0 atom stereocenters. The van der Waals surface area contributed by atoms with E-state index in [2.05, 4.69) is 10.2 Å². The highest BCUT2D eigenvalue weighted by Gasteiger charge is 2.30. The van der Waals surface area contributed by atoms with E-state index in [-0.39, 0.29) is 23.6 Å². The summed E-state index contributed by atoms with van der Waals surface area (Å²) in [5.74, 6) is 0.281. The number of anilines is 1. The number of amides is 3. The van der Waals surface area contributed by atoms with Crippen molar-refractivity contribution in [2.24, 2.45) is 5.92 Å². The van der Waals surface area contributed by atoms with Crippen molar-refractivity contribution in [3.05, 3.63) is 29.8 Å². The van der Waals surface area contributed by atoms with Gasteiger partial charge in [-0.15, -0.1) is 0 Å². The van der Waals surface area contributed by atoms with Crippen molar-refractivity contribution in [2.75, 3.05) is 51.1 Å². The molecule has 1 aromatic rings. The Morgan fingerprint density at radius 1 is 1.07 bits per heavy atom. The summed E-state index contributed by atoms with van der Waals surface area (Å²) in [4.78, 5) is 42.8. The molecule has 28 heavy (non-hydrogen) atoms. The summed E-state index contributed by atoms with van der Waals surface area (Å²) < 4.78 is 0. The van der Waals surface area contributed by atoms with Gasteiger partial charge in [0.2, 0.25) is 11.8 Å². The van der Waals surface area contributed by atoms with Gasteiger partial charge >= 0.3 is 0 Å². The van der Waals surface area contributed by atoms with Crippen LogP contribution in [0.5, 0.6) is 0 Å². The zero-order chi connectivity index (χ0) is 20.1. The van der Waals surface area contributed by atoms with Crippen molar-refractivity contribution < 1.29 is 14.4 Å². The minimum absolute atomic E-state index is 0.0303. The Kier molecular flexibility index (Phi) is 6.67. The predicted molar refractivity (Wildman–Crippen MR) is 108 cm³/mol. The van der Waals surface area contributed by atoms with Gasteiger partial charge in [-0.1, -0.05) is 6.07 Å². The molecule has 152 valence electrons. The predicted octanol–water partition coefficient (Wildman–Crippen LogP) is 1.66. The summed E-state index contributed by atoms with van der Waals surface area (Å²) in [6.07, 6.45) is 1.90. The minimum Gasteiger partial charge on any atom is -0.342 e. The summed E-state index contributed by atoms with van der Waals surface area (Å²) >= 11 is 0. The summed E-state index contributed by atoms with van der Waals surface area (Å²) in [6.45, 7) is 8.41. The topological polar surface area (TPSA) is 73.0 Å². The van der Waals surface area contributed by atoms with Crippen LogP contribution in [-0.4, -0.2) is 78.2 Å². The summed E-state index contributed by atoms with van der Waals surface area (Å²) in [5, 5.41) is 2.89. The number of carbonyl (C=O) groups excluding carboxylic acids is 3. The molecule has 1 aliphatic heterocycles. The van der Waals surface area contributed by atoms with Gasteiger partial charge in [-0.2, -0.15) is 0 Å². The first-order valence-electron chi connectivity index (χ1n) is 10.2. The Morgan fingerprint density at radius 2 is 1.75 bits per heavy atom. The standard InChI is InChI=1S/C21H30N4O3/c1-3-24(4-2)19(26)15-23-10-12-25(13-11-23)21(28)17-6-5-7-18(14-17)22-20(27)16-8-9-16/h5-7,14,16H,3-4,8-13,15H2,1-2H3,(H,22,27). The maximum Gasteiger partial charge on any atom is 0.254 e. The van der Waals surface area contributed by atoms with E-state index >= 15 is 0 Å². The molecule has 1 N–H and O–H groups in total. The van der Waals surface area contributed by atoms with Crippen LogP contribution in [-0.2, 0) is 9.59 Å². The first-order chi connectivity index (χ1) is 13.5. The van der Waals surface area contributed by atoms with Crippen molar-refractivity contribution in [2.45, 2.75) is 26.7 Å². The van der Waals surface area contributed by atoms with Gasteiger partial charge in [-0.25, -0.2) is 0 Å². The van der Waals surface area contributed by atoms with Crippen LogP contribution in [0, 0.1) is 5.92 Å². The molecule has 3 amide bonds. The van der Waals surface area contributed by atoms with Crippen molar-refractivity contribution >= 4 is 23.4 Å². The fourth-order valence-corrected chi connectivity index (χ4v) is 3.48. The Balaban J connectivity index is 1.52. The molecule has 0 unspecified atom stereocenters. The number of carbonyl (C=O) groups is 3. The van der Waals surface area contributed by atoms with E-state index in [1.807, 2.05) is 29.7 Å². The molecule has 1 heterocycles. The summed E-state index contributed by atoms with van der Waals surface area (Å²) in [7, 11) is 0.